The van der Waals surface area contributed by atoms with Crippen molar-refractivity contribution in [3.8, 4) is 0 Å². The third kappa shape index (κ3) is 3.31. The van der Waals surface area contributed by atoms with Crippen molar-refractivity contribution in [2.45, 2.75) is 38.3 Å². The van der Waals surface area contributed by atoms with Gasteiger partial charge in [-0.3, -0.25) is 9.59 Å². The number of aromatic amines is 1. The Balaban J connectivity index is 1.31. The van der Waals surface area contributed by atoms with E-state index < -0.39 is 0 Å². The molecule has 2 aliphatic rings. The number of benzene rings is 1. The van der Waals surface area contributed by atoms with Crippen LogP contribution in [0, 0.1) is 5.92 Å². The quantitative estimate of drug-likeness (QED) is 0.682. The minimum absolute atomic E-state index is 0.0109. The average Bonchev–Trinajstić information content (AvgIpc) is 3.43. The van der Waals surface area contributed by atoms with Crippen molar-refractivity contribution in [1.29, 1.82) is 0 Å². The molecule has 2 aromatic heterocycles. The lowest BCUT2D eigenvalue weighted by Gasteiger charge is -2.25. The van der Waals surface area contributed by atoms with Gasteiger partial charge in [-0.1, -0.05) is 23.7 Å². The van der Waals surface area contributed by atoms with E-state index in [-0.39, 0.29) is 30.2 Å². The summed E-state index contributed by atoms with van der Waals surface area (Å²) in [6, 6.07) is 9.46. The van der Waals surface area contributed by atoms with Crippen LogP contribution < -0.4 is 5.32 Å². The molecule has 2 amide bonds. The number of hydrogen-bond acceptors (Lipinski definition) is 3. The third-order valence-electron chi connectivity index (χ3n) is 6.02. The molecule has 0 saturated carbocycles. The second-order valence-electron chi connectivity index (χ2n) is 7.89. The fraction of sp³-hybridized carbons (Fsp3) is 0.364. The predicted molar refractivity (Wildman–Crippen MR) is 109 cm³/mol. The lowest BCUT2D eigenvalue weighted by molar-refractivity contribution is -0.129. The second kappa shape index (κ2) is 7.26. The molecule has 1 aliphatic carbocycles. The minimum Gasteiger partial charge on any atom is -0.467 e. The Kier molecular flexibility index (Phi) is 4.59. The molecule has 29 heavy (non-hydrogen) atoms. The van der Waals surface area contributed by atoms with Gasteiger partial charge in [0.2, 0.25) is 11.8 Å². The number of rotatable bonds is 4. The molecular formula is C22H22ClN3O3. The maximum absolute atomic E-state index is 12.9. The van der Waals surface area contributed by atoms with Crippen LogP contribution in [0.25, 0.3) is 10.9 Å². The fourth-order valence-corrected chi connectivity index (χ4v) is 4.80. The molecule has 150 valence electrons. The maximum Gasteiger partial charge on any atom is 0.225 e. The number of aryl methyl sites for hydroxylation is 1. The van der Waals surface area contributed by atoms with Crippen molar-refractivity contribution in [2.75, 3.05) is 6.54 Å². The van der Waals surface area contributed by atoms with Crippen LogP contribution in [-0.2, 0) is 22.6 Å². The van der Waals surface area contributed by atoms with Gasteiger partial charge in [0.1, 0.15) is 5.76 Å². The van der Waals surface area contributed by atoms with Gasteiger partial charge in [-0.25, -0.2) is 0 Å². The number of H-pyrrole nitrogens is 1. The highest BCUT2D eigenvalue weighted by Gasteiger charge is 2.36. The number of furan rings is 1. The largest absolute Gasteiger partial charge is 0.467 e. The zero-order valence-electron chi connectivity index (χ0n) is 15.9. The number of amides is 2. The molecule has 2 N–H and O–H groups in total. The standard InChI is InChI=1S/C22H22ClN3O3/c23-17-7-1-5-15-16-6-2-8-18(21(16)25-20(15)17)24-22(28)13-10-19(27)26(11-13)12-14-4-3-9-29-14/h1,3-5,7,9,13,18,25H,2,6,8,10-12H2,(H,24,28)/t13-,18-/m0/s1. The van der Waals surface area contributed by atoms with E-state index >= 15 is 0 Å². The Morgan fingerprint density at radius 1 is 1.31 bits per heavy atom. The van der Waals surface area contributed by atoms with Gasteiger partial charge in [0.15, 0.2) is 0 Å². The molecule has 0 radical (unpaired) electrons. The van der Waals surface area contributed by atoms with Crippen LogP contribution in [0.3, 0.4) is 0 Å². The second-order valence-corrected chi connectivity index (χ2v) is 8.29. The Hall–Kier alpha value is -2.73. The summed E-state index contributed by atoms with van der Waals surface area (Å²) >= 11 is 6.35. The summed E-state index contributed by atoms with van der Waals surface area (Å²) in [4.78, 5) is 30.4. The number of para-hydroxylation sites is 1. The summed E-state index contributed by atoms with van der Waals surface area (Å²) < 4.78 is 5.33. The average molecular weight is 412 g/mol. The lowest BCUT2D eigenvalue weighted by atomic mass is 9.91. The Morgan fingerprint density at radius 2 is 2.21 bits per heavy atom. The van der Waals surface area contributed by atoms with Crippen molar-refractivity contribution in [1.82, 2.24) is 15.2 Å². The number of halogens is 1. The van der Waals surface area contributed by atoms with E-state index in [1.54, 1.807) is 17.2 Å². The number of carbonyl (C=O) groups excluding carboxylic acids is 2. The topological polar surface area (TPSA) is 78.3 Å². The monoisotopic (exact) mass is 411 g/mol. The molecule has 3 heterocycles. The van der Waals surface area contributed by atoms with Crippen molar-refractivity contribution >= 4 is 34.3 Å². The summed E-state index contributed by atoms with van der Waals surface area (Å²) in [5.41, 5.74) is 3.21. The molecule has 0 unspecified atom stereocenters. The molecular weight excluding hydrogens is 390 g/mol. The summed E-state index contributed by atoms with van der Waals surface area (Å²) in [6.07, 6.45) is 4.68. The van der Waals surface area contributed by atoms with Gasteiger partial charge >= 0.3 is 0 Å². The predicted octanol–water partition coefficient (Wildman–Crippen LogP) is 3.96. The van der Waals surface area contributed by atoms with Crippen molar-refractivity contribution in [3.63, 3.8) is 0 Å². The Bertz CT molecular complexity index is 1070. The molecule has 7 heteroatoms. The summed E-state index contributed by atoms with van der Waals surface area (Å²) in [5.74, 6) is 0.313. The molecule has 6 nitrogen and oxygen atoms in total. The first-order valence-corrected chi connectivity index (χ1v) is 10.4. The molecule has 3 aromatic rings. The highest BCUT2D eigenvalue weighted by Crippen LogP contribution is 2.37. The molecule has 1 fully saturated rings. The number of nitrogens with one attached hydrogen (secondary N) is 2. The number of hydrogen-bond donors (Lipinski definition) is 2. The molecule has 0 bridgehead atoms. The van der Waals surface area contributed by atoms with Gasteiger partial charge < -0.3 is 19.6 Å². The smallest absolute Gasteiger partial charge is 0.225 e. The molecule has 1 saturated heterocycles. The molecule has 1 aliphatic heterocycles. The van der Waals surface area contributed by atoms with E-state index in [9.17, 15) is 9.59 Å². The highest BCUT2D eigenvalue weighted by atomic mass is 35.5. The molecule has 5 rings (SSSR count). The SMILES string of the molecule is O=C(N[C@H]1CCCc2c1[nH]c1c(Cl)cccc21)[C@H]1CC(=O)N(Cc2ccco2)C1. The Labute approximate surface area is 173 Å². The third-order valence-corrected chi connectivity index (χ3v) is 6.34. The van der Waals surface area contributed by atoms with Crippen molar-refractivity contribution < 1.29 is 14.0 Å². The number of likely N-dealkylation sites (tertiary alicyclic amines) is 1. The van der Waals surface area contributed by atoms with Gasteiger partial charge in [0.25, 0.3) is 0 Å². The Morgan fingerprint density at radius 3 is 3.03 bits per heavy atom. The van der Waals surface area contributed by atoms with Crippen LogP contribution in [-0.4, -0.2) is 28.2 Å². The van der Waals surface area contributed by atoms with Crippen LogP contribution in [0.2, 0.25) is 5.02 Å². The van der Waals surface area contributed by atoms with Crippen molar-refractivity contribution in [3.05, 3.63) is 58.6 Å². The fourth-order valence-electron chi connectivity index (χ4n) is 4.58. The summed E-state index contributed by atoms with van der Waals surface area (Å²) in [5, 5.41) is 5.00. The lowest BCUT2D eigenvalue weighted by Crippen LogP contribution is -2.36. The van der Waals surface area contributed by atoms with Gasteiger partial charge in [0.05, 0.1) is 35.3 Å². The first-order valence-electron chi connectivity index (χ1n) is 9.99. The maximum atomic E-state index is 12.9. The minimum atomic E-state index is -0.337. The van der Waals surface area contributed by atoms with Crippen LogP contribution in [0.1, 0.15) is 42.3 Å². The normalized spacial score (nSPS) is 21.6. The first-order chi connectivity index (χ1) is 14.1. The number of aromatic nitrogens is 1. The summed E-state index contributed by atoms with van der Waals surface area (Å²) in [6.45, 7) is 0.827. The van der Waals surface area contributed by atoms with Crippen LogP contribution in [0.4, 0.5) is 0 Å². The van der Waals surface area contributed by atoms with E-state index in [0.717, 1.165) is 41.6 Å². The van der Waals surface area contributed by atoms with Gasteiger partial charge in [-0.05, 0) is 43.0 Å². The zero-order valence-corrected chi connectivity index (χ0v) is 16.7. The van der Waals surface area contributed by atoms with Gasteiger partial charge in [-0.2, -0.15) is 0 Å². The first kappa shape index (κ1) is 18.3. The number of carbonyl (C=O) groups is 2. The molecule has 0 spiro atoms. The van der Waals surface area contributed by atoms with Crippen LogP contribution in [0.5, 0.6) is 0 Å². The van der Waals surface area contributed by atoms with Crippen LogP contribution in [0.15, 0.2) is 41.0 Å². The highest BCUT2D eigenvalue weighted by molar-refractivity contribution is 6.35. The molecule has 1 aromatic carbocycles. The molecule has 2 atom stereocenters. The van der Waals surface area contributed by atoms with E-state index in [0.29, 0.717) is 18.1 Å². The van der Waals surface area contributed by atoms with E-state index in [4.69, 9.17) is 16.0 Å². The summed E-state index contributed by atoms with van der Waals surface area (Å²) in [7, 11) is 0. The van der Waals surface area contributed by atoms with E-state index in [2.05, 4.69) is 16.4 Å². The van der Waals surface area contributed by atoms with Gasteiger partial charge in [0, 0.05) is 24.0 Å². The van der Waals surface area contributed by atoms with E-state index in [1.165, 1.54) is 5.56 Å². The van der Waals surface area contributed by atoms with Crippen LogP contribution >= 0.6 is 11.6 Å². The van der Waals surface area contributed by atoms with Gasteiger partial charge in [-0.15, -0.1) is 0 Å². The van der Waals surface area contributed by atoms with Crippen molar-refractivity contribution in [2.24, 2.45) is 5.92 Å². The zero-order chi connectivity index (χ0) is 20.0. The number of nitrogens with zero attached hydrogens (tertiary/aromatic N) is 1. The van der Waals surface area contributed by atoms with E-state index in [1.807, 2.05) is 18.2 Å². The number of fused-ring (bicyclic) bond motifs is 3.